The maximum absolute atomic E-state index is 12.9. The third-order valence-corrected chi connectivity index (χ3v) is 3.58. The van der Waals surface area contributed by atoms with Gasteiger partial charge in [0, 0.05) is 0 Å². The predicted molar refractivity (Wildman–Crippen MR) is 48.7 cm³/mol. The van der Waals surface area contributed by atoms with Crippen molar-refractivity contribution < 1.29 is 89.2 Å². The molecule has 0 bridgehead atoms. The molecule has 0 unspecified atom stereocenters. The van der Waals surface area contributed by atoms with Crippen LogP contribution < -0.4 is 0 Å². The molecular formula is C9H2F18O2. The van der Waals surface area contributed by atoms with Gasteiger partial charge in [0.25, 0.3) is 16.6 Å². The van der Waals surface area contributed by atoms with Gasteiger partial charge in [0.2, 0.25) is 0 Å². The first-order chi connectivity index (χ1) is 12.0. The molecule has 0 aromatic heterocycles. The van der Waals surface area contributed by atoms with Crippen molar-refractivity contribution in [2.24, 2.45) is 5.41 Å². The summed E-state index contributed by atoms with van der Waals surface area (Å²) in [7, 11) is 0. The average Bonchev–Trinajstić information content (AvgIpc) is 2.29. The van der Waals surface area contributed by atoms with Gasteiger partial charge in [0.15, 0.2) is 0 Å². The van der Waals surface area contributed by atoms with Gasteiger partial charge in [-0.3, -0.25) is 0 Å². The van der Waals surface area contributed by atoms with Crippen molar-refractivity contribution in [3.8, 4) is 0 Å². The Hall–Kier alpha value is -1.34. The van der Waals surface area contributed by atoms with Gasteiger partial charge in [0.05, 0.1) is 0 Å². The molecule has 20 heteroatoms. The van der Waals surface area contributed by atoms with Gasteiger partial charge in [-0.1, -0.05) is 0 Å². The summed E-state index contributed by atoms with van der Waals surface area (Å²) in [6.45, 7) is 0. The zero-order valence-corrected chi connectivity index (χ0v) is 12.2. The second-order valence-corrected chi connectivity index (χ2v) is 5.16. The van der Waals surface area contributed by atoms with Gasteiger partial charge in [-0.15, -0.1) is 0 Å². The fraction of sp³-hybridized carbons (Fsp3) is 1.00. The molecule has 0 aliphatic carbocycles. The van der Waals surface area contributed by atoms with E-state index in [0.717, 1.165) is 0 Å². The summed E-state index contributed by atoms with van der Waals surface area (Å²) in [6.07, 6.45) is -52.0. The summed E-state index contributed by atoms with van der Waals surface area (Å²) in [5.41, 5.74) is -27.1. The Kier molecular flexibility index (Phi) is 6.04. The number of aliphatic hydroxyl groups is 2. The lowest BCUT2D eigenvalue weighted by atomic mass is 9.57. The second kappa shape index (κ2) is 6.33. The number of rotatable bonds is 2. The summed E-state index contributed by atoms with van der Waals surface area (Å²) < 4.78 is 229. The van der Waals surface area contributed by atoms with E-state index in [1.54, 1.807) is 0 Å². The fourth-order valence-electron chi connectivity index (χ4n) is 2.41. The summed E-state index contributed by atoms with van der Waals surface area (Å²) in [5.74, 6) is 0. The summed E-state index contributed by atoms with van der Waals surface area (Å²) in [5, 5.41) is 17.0. The molecule has 0 radical (unpaired) electrons. The summed E-state index contributed by atoms with van der Waals surface area (Å²) in [6, 6.07) is 0. The first-order valence-corrected chi connectivity index (χ1v) is 5.85. The average molecular weight is 484 g/mol. The van der Waals surface area contributed by atoms with Crippen LogP contribution in [0.15, 0.2) is 0 Å². The zero-order chi connectivity index (χ0) is 24.5. The van der Waals surface area contributed by atoms with Crippen LogP contribution in [0.4, 0.5) is 79.0 Å². The molecule has 0 spiro atoms. The van der Waals surface area contributed by atoms with Crippen molar-refractivity contribution in [3.63, 3.8) is 0 Å². The first kappa shape index (κ1) is 27.7. The standard InChI is InChI=1S/C9H2F18O2/c10-4(11,12)1(5(13,14)15,2(28,6(16,17)18)7(19,20)21)3(29,8(22,23)24)9(25,26)27/h28-29H. The van der Waals surface area contributed by atoms with Crippen LogP contribution in [0.2, 0.25) is 0 Å². The van der Waals surface area contributed by atoms with E-state index in [9.17, 15) is 79.0 Å². The Morgan fingerprint density at radius 1 is 0.276 bits per heavy atom. The van der Waals surface area contributed by atoms with Gasteiger partial charge >= 0.3 is 37.1 Å². The molecule has 0 aromatic carbocycles. The molecule has 0 atom stereocenters. The van der Waals surface area contributed by atoms with E-state index in [4.69, 9.17) is 10.2 Å². The van der Waals surface area contributed by atoms with Crippen LogP contribution >= 0.6 is 0 Å². The van der Waals surface area contributed by atoms with E-state index in [0.29, 0.717) is 0 Å². The fourth-order valence-corrected chi connectivity index (χ4v) is 2.41. The Morgan fingerprint density at radius 2 is 0.414 bits per heavy atom. The first-order valence-electron chi connectivity index (χ1n) is 5.85. The monoisotopic (exact) mass is 484 g/mol. The number of hydrogen-bond donors (Lipinski definition) is 2. The van der Waals surface area contributed by atoms with Crippen molar-refractivity contribution in [2.45, 2.75) is 48.3 Å². The van der Waals surface area contributed by atoms with E-state index >= 15 is 0 Å². The molecular weight excluding hydrogens is 482 g/mol. The molecule has 176 valence electrons. The highest BCUT2D eigenvalue weighted by Gasteiger charge is 3.05. The molecule has 0 amide bonds. The van der Waals surface area contributed by atoms with Crippen LogP contribution in [0.1, 0.15) is 0 Å². The second-order valence-electron chi connectivity index (χ2n) is 5.16. The lowest BCUT2D eigenvalue weighted by Crippen LogP contribution is -2.87. The van der Waals surface area contributed by atoms with Crippen molar-refractivity contribution in [3.05, 3.63) is 0 Å². The Labute approximate surface area is 144 Å². The van der Waals surface area contributed by atoms with Gasteiger partial charge in [0.1, 0.15) is 0 Å². The van der Waals surface area contributed by atoms with E-state index in [1.165, 1.54) is 0 Å². The van der Waals surface area contributed by atoms with Crippen LogP contribution in [0.5, 0.6) is 0 Å². The van der Waals surface area contributed by atoms with E-state index in [1.807, 2.05) is 0 Å². The lowest BCUT2D eigenvalue weighted by Gasteiger charge is -2.55. The third-order valence-electron chi connectivity index (χ3n) is 3.58. The highest BCUT2D eigenvalue weighted by molar-refractivity contribution is 5.26. The van der Waals surface area contributed by atoms with Gasteiger partial charge in [-0.05, 0) is 0 Å². The molecule has 0 aliphatic heterocycles. The van der Waals surface area contributed by atoms with Crippen LogP contribution in [-0.2, 0) is 0 Å². The number of hydrogen-bond acceptors (Lipinski definition) is 2. The molecule has 2 N–H and O–H groups in total. The zero-order valence-electron chi connectivity index (χ0n) is 12.2. The molecule has 0 rings (SSSR count). The molecule has 29 heavy (non-hydrogen) atoms. The number of halogens is 18. The van der Waals surface area contributed by atoms with Crippen molar-refractivity contribution in [1.29, 1.82) is 0 Å². The molecule has 2 nitrogen and oxygen atoms in total. The minimum Gasteiger partial charge on any atom is -0.373 e. The Bertz CT molecular complexity index is 512. The molecule has 0 aliphatic rings. The lowest BCUT2D eigenvalue weighted by molar-refractivity contribution is -0.555. The third kappa shape index (κ3) is 3.25. The van der Waals surface area contributed by atoms with Crippen LogP contribution in [0.3, 0.4) is 0 Å². The van der Waals surface area contributed by atoms with Crippen molar-refractivity contribution >= 4 is 0 Å². The van der Waals surface area contributed by atoms with Crippen LogP contribution in [-0.4, -0.2) is 58.5 Å². The molecule has 0 fully saturated rings. The summed E-state index contributed by atoms with van der Waals surface area (Å²) in [4.78, 5) is 0. The quantitative estimate of drug-likeness (QED) is 0.553. The molecule has 0 aromatic rings. The van der Waals surface area contributed by atoms with Crippen LogP contribution in [0.25, 0.3) is 0 Å². The van der Waals surface area contributed by atoms with Gasteiger partial charge in [-0.25, -0.2) is 0 Å². The maximum atomic E-state index is 12.9. The van der Waals surface area contributed by atoms with Gasteiger partial charge < -0.3 is 10.2 Å². The van der Waals surface area contributed by atoms with Gasteiger partial charge in [-0.2, -0.15) is 79.0 Å². The number of alkyl halides is 18. The predicted octanol–water partition coefficient (Wildman–Crippen LogP) is 4.81. The van der Waals surface area contributed by atoms with E-state index < -0.39 is 53.7 Å². The van der Waals surface area contributed by atoms with E-state index in [2.05, 4.69) is 0 Å². The van der Waals surface area contributed by atoms with E-state index in [-0.39, 0.29) is 0 Å². The normalized spacial score (nSPS) is 17.0. The highest BCUT2D eigenvalue weighted by atomic mass is 19.4. The molecule has 0 heterocycles. The Morgan fingerprint density at radius 3 is 0.483 bits per heavy atom. The van der Waals surface area contributed by atoms with Crippen molar-refractivity contribution in [1.82, 2.24) is 0 Å². The topological polar surface area (TPSA) is 40.5 Å². The minimum atomic E-state index is -9.37. The highest BCUT2D eigenvalue weighted by Crippen LogP contribution is 2.73. The molecule has 0 saturated heterocycles. The molecule has 0 saturated carbocycles. The van der Waals surface area contributed by atoms with Crippen LogP contribution in [0, 0.1) is 5.41 Å². The van der Waals surface area contributed by atoms with Crippen molar-refractivity contribution in [2.75, 3.05) is 0 Å². The SMILES string of the molecule is OC(C(F)(F)F)(C(F)(F)F)C(C(F)(F)F)(C(F)(F)F)C(O)(C(F)(F)F)C(F)(F)F. The smallest absolute Gasteiger partial charge is 0.373 e. The summed E-state index contributed by atoms with van der Waals surface area (Å²) >= 11 is 0. The maximum Gasteiger partial charge on any atom is 0.427 e. The largest absolute Gasteiger partial charge is 0.427 e. The minimum absolute atomic E-state index is 8.48. The Balaban J connectivity index is 8.46.